The van der Waals surface area contributed by atoms with Crippen molar-refractivity contribution in [1.29, 1.82) is 0 Å². The van der Waals surface area contributed by atoms with Crippen molar-refractivity contribution < 1.29 is 19.7 Å². The van der Waals surface area contributed by atoms with Crippen molar-refractivity contribution >= 4 is 16.6 Å². The molecule has 22 heavy (non-hydrogen) atoms. The standard InChI is InChI=1S/C17H15NO4/c1-22-11-8-9-4-7-18-14-12(9)13(15(11)20)17(16(14)21)5-2-10(19)3-6-17/h2,4-5,7-8,10,19-20H,3,6H2,1H3/t10?,17-/m1/s1. The van der Waals surface area contributed by atoms with Crippen molar-refractivity contribution in [3.8, 4) is 11.5 Å². The molecule has 5 nitrogen and oxygen atoms in total. The Kier molecular flexibility index (Phi) is 2.60. The predicted molar refractivity (Wildman–Crippen MR) is 80.3 cm³/mol. The summed E-state index contributed by atoms with van der Waals surface area (Å²) in [6, 6.07) is 3.52. The van der Waals surface area contributed by atoms with Crippen LogP contribution in [0.25, 0.3) is 10.8 Å². The van der Waals surface area contributed by atoms with Crippen LogP contribution in [0, 0.1) is 0 Å². The molecule has 2 atom stereocenters. The number of Topliss-reactive ketones (excluding diaryl/α,β-unsaturated/α-hetero) is 1. The maximum atomic E-state index is 13.0. The first kappa shape index (κ1) is 13.3. The lowest BCUT2D eigenvalue weighted by Gasteiger charge is -2.30. The quantitative estimate of drug-likeness (QED) is 0.788. The van der Waals surface area contributed by atoms with Crippen molar-refractivity contribution in [2.24, 2.45) is 0 Å². The van der Waals surface area contributed by atoms with Gasteiger partial charge in [0.25, 0.3) is 0 Å². The molecule has 2 aliphatic rings. The number of phenols is 1. The Morgan fingerprint density at radius 2 is 2.27 bits per heavy atom. The Morgan fingerprint density at radius 1 is 1.45 bits per heavy atom. The lowest BCUT2D eigenvalue weighted by molar-refractivity contribution is 0.0890. The minimum absolute atomic E-state index is 0.0175. The molecule has 0 bridgehead atoms. The largest absolute Gasteiger partial charge is 0.504 e. The van der Waals surface area contributed by atoms with Gasteiger partial charge in [-0.05, 0) is 30.4 Å². The molecule has 0 fully saturated rings. The maximum Gasteiger partial charge on any atom is 0.196 e. The van der Waals surface area contributed by atoms with Gasteiger partial charge in [0.15, 0.2) is 17.3 Å². The Morgan fingerprint density at radius 3 is 2.95 bits per heavy atom. The second-order valence-electron chi connectivity index (χ2n) is 5.83. The van der Waals surface area contributed by atoms with E-state index in [2.05, 4.69) is 4.98 Å². The van der Waals surface area contributed by atoms with E-state index in [1.807, 2.05) is 0 Å². The van der Waals surface area contributed by atoms with E-state index in [4.69, 9.17) is 4.74 Å². The Hall–Kier alpha value is -2.40. The normalized spacial score (nSPS) is 26.1. The molecular formula is C17H15NO4. The number of rotatable bonds is 1. The van der Waals surface area contributed by atoms with E-state index in [-0.39, 0.29) is 11.5 Å². The summed E-state index contributed by atoms with van der Waals surface area (Å²) in [5.41, 5.74) is -0.0168. The van der Waals surface area contributed by atoms with Gasteiger partial charge in [0.1, 0.15) is 5.69 Å². The molecule has 4 rings (SSSR count). The smallest absolute Gasteiger partial charge is 0.196 e. The molecule has 2 N–H and O–H groups in total. The zero-order chi connectivity index (χ0) is 15.5. The molecule has 5 heteroatoms. The highest BCUT2D eigenvalue weighted by Gasteiger charge is 2.50. The minimum atomic E-state index is -0.952. The number of methoxy groups -OCH3 is 1. The molecule has 0 radical (unpaired) electrons. The molecule has 112 valence electrons. The average Bonchev–Trinajstić information content (AvgIpc) is 2.78. The number of aliphatic hydroxyl groups excluding tert-OH is 1. The topological polar surface area (TPSA) is 79.7 Å². The number of aromatic nitrogens is 1. The fourth-order valence-corrected chi connectivity index (χ4v) is 3.63. The van der Waals surface area contributed by atoms with E-state index in [0.29, 0.717) is 35.2 Å². The lowest BCUT2D eigenvalue weighted by Crippen LogP contribution is -2.34. The van der Waals surface area contributed by atoms with Crippen LogP contribution in [0.4, 0.5) is 0 Å². The van der Waals surface area contributed by atoms with Gasteiger partial charge in [0.05, 0.1) is 18.6 Å². The fourth-order valence-electron chi connectivity index (χ4n) is 3.63. The molecule has 2 aromatic rings. The molecule has 1 aromatic carbocycles. The van der Waals surface area contributed by atoms with Crippen molar-refractivity contribution in [2.45, 2.75) is 24.4 Å². The van der Waals surface area contributed by atoms with Gasteiger partial charge in [-0.15, -0.1) is 0 Å². The van der Waals surface area contributed by atoms with Crippen LogP contribution in [-0.2, 0) is 5.41 Å². The van der Waals surface area contributed by atoms with Gasteiger partial charge in [0, 0.05) is 17.1 Å². The fraction of sp³-hybridized carbons (Fsp3) is 0.294. The van der Waals surface area contributed by atoms with Crippen molar-refractivity contribution in [2.75, 3.05) is 7.11 Å². The Labute approximate surface area is 126 Å². The molecule has 2 aliphatic carbocycles. The highest BCUT2D eigenvalue weighted by molar-refractivity contribution is 6.21. The number of fused-ring (bicyclic) bond motifs is 1. The Bertz CT molecular complexity index is 842. The number of phenolic OH excluding ortho intramolecular Hbond substituents is 1. The number of benzene rings is 1. The minimum Gasteiger partial charge on any atom is -0.504 e. The summed E-state index contributed by atoms with van der Waals surface area (Å²) in [6.07, 6.45) is 5.27. The van der Waals surface area contributed by atoms with Gasteiger partial charge in [0.2, 0.25) is 0 Å². The van der Waals surface area contributed by atoms with E-state index < -0.39 is 11.5 Å². The molecule has 1 heterocycles. The third kappa shape index (κ3) is 1.46. The summed E-state index contributed by atoms with van der Waals surface area (Å²) in [4.78, 5) is 17.2. The van der Waals surface area contributed by atoms with Gasteiger partial charge >= 0.3 is 0 Å². The van der Waals surface area contributed by atoms with Crippen LogP contribution < -0.4 is 4.74 Å². The van der Waals surface area contributed by atoms with Gasteiger partial charge in [-0.3, -0.25) is 9.78 Å². The third-order valence-electron chi connectivity index (χ3n) is 4.71. The van der Waals surface area contributed by atoms with Crippen molar-refractivity contribution in [3.63, 3.8) is 0 Å². The van der Waals surface area contributed by atoms with Gasteiger partial charge < -0.3 is 14.9 Å². The summed E-state index contributed by atoms with van der Waals surface area (Å²) >= 11 is 0. The number of ketones is 1. The zero-order valence-corrected chi connectivity index (χ0v) is 12.0. The molecule has 1 unspecified atom stereocenters. The van der Waals surface area contributed by atoms with E-state index in [9.17, 15) is 15.0 Å². The second kappa shape index (κ2) is 4.30. The summed E-state index contributed by atoms with van der Waals surface area (Å²) < 4.78 is 5.25. The zero-order valence-electron chi connectivity index (χ0n) is 12.0. The number of ether oxygens (including phenoxy) is 1. The summed E-state index contributed by atoms with van der Waals surface area (Å²) in [5.74, 6) is 0.198. The lowest BCUT2D eigenvalue weighted by atomic mass is 9.72. The highest BCUT2D eigenvalue weighted by atomic mass is 16.5. The molecule has 0 amide bonds. The number of aromatic hydroxyl groups is 1. The van der Waals surface area contributed by atoms with Crippen molar-refractivity contribution in [1.82, 2.24) is 4.98 Å². The molecular weight excluding hydrogens is 282 g/mol. The van der Waals surface area contributed by atoms with Crippen LogP contribution in [0.15, 0.2) is 30.5 Å². The Balaban J connectivity index is 2.13. The van der Waals surface area contributed by atoms with E-state index in [1.54, 1.807) is 30.5 Å². The number of hydrogen-bond donors (Lipinski definition) is 2. The maximum absolute atomic E-state index is 13.0. The number of hydrogen-bond acceptors (Lipinski definition) is 5. The van der Waals surface area contributed by atoms with Crippen LogP contribution >= 0.6 is 0 Å². The van der Waals surface area contributed by atoms with Crippen molar-refractivity contribution in [3.05, 3.63) is 41.7 Å². The number of aliphatic hydroxyl groups is 1. The predicted octanol–water partition coefficient (Wildman–Crippen LogP) is 2.09. The first-order chi connectivity index (χ1) is 10.6. The van der Waals surface area contributed by atoms with Gasteiger partial charge in [-0.2, -0.15) is 0 Å². The highest BCUT2D eigenvalue weighted by Crippen LogP contribution is 2.53. The van der Waals surface area contributed by atoms with Gasteiger partial charge in [-0.1, -0.05) is 12.2 Å². The first-order valence-electron chi connectivity index (χ1n) is 7.20. The van der Waals surface area contributed by atoms with Crippen LogP contribution in [0.2, 0.25) is 0 Å². The summed E-state index contributed by atoms with van der Waals surface area (Å²) in [6.45, 7) is 0. The summed E-state index contributed by atoms with van der Waals surface area (Å²) in [5, 5.41) is 21.8. The SMILES string of the molecule is COc1cc2ccnc3c2c(c1O)[C@]1(C=CC(O)CC1)C3=O. The van der Waals surface area contributed by atoms with Gasteiger partial charge in [-0.25, -0.2) is 0 Å². The molecule has 1 aromatic heterocycles. The van der Waals surface area contributed by atoms with Crippen LogP contribution in [0.3, 0.4) is 0 Å². The number of carbonyl (C=O) groups is 1. The first-order valence-corrected chi connectivity index (χ1v) is 7.20. The molecule has 0 saturated carbocycles. The monoisotopic (exact) mass is 297 g/mol. The second-order valence-corrected chi connectivity index (χ2v) is 5.83. The van der Waals surface area contributed by atoms with E-state index in [1.165, 1.54) is 7.11 Å². The summed E-state index contributed by atoms with van der Waals surface area (Å²) in [7, 11) is 1.49. The number of nitrogens with zero attached hydrogens (tertiary/aromatic N) is 1. The molecule has 0 saturated heterocycles. The average molecular weight is 297 g/mol. The third-order valence-corrected chi connectivity index (χ3v) is 4.71. The van der Waals surface area contributed by atoms with Crippen LogP contribution in [0.1, 0.15) is 28.9 Å². The number of pyridine rings is 1. The molecule has 0 aliphatic heterocycles. The molecule has 1 spiro atoms. The number of carbonyl (C=O) groups excluding carboxylic acids is 1. The number of allylic oxidation sites excluding steroid dienone is 1. The van der Waals surface area contributed by atoms with Crippen LogP contribution in [-0.4, -0.2) is 34.2 Å². The van der Waals surface area contributed by atoms with Crippen LogP contribution in [0.5, 0.6) is 11.5 Å². The van der Waals surface area contributed by atoms with E-state index >= 15 is 0 Å². The van der Waals surface area contributed by atoms with E-state index in [0.717, 1.165) is 5.39 Å².